The molecule has 0 unspecified atom stereocenters. The van der Waals surface area contributed by atoms with Crippen LogP contribution in [-0.2, 0) is 4.79 Å². The van der Waals surface area contributed by atoms with Gasteiger partial charge >= 0.3 is 0 Å². The summed E-state index contributed by atoms with van der Waals surface area (Å²) >= 11 is 0. The van der Waals surface area contributed by atoms with Crippen LogP contribution >= 0.6 is 0 Å². The molecule has 4 nitrogen and oxygen atoms in total. The Morgan fingerprint density at radius 1 is 1.15 bits per heavy atom. The lowest BCUT2D eigenvalue weighted by Gasteiger charge is -2.21. The third kappa shape index (κ3) is 4.05. The van der Waals surface area contributed by atoms with Gasteiger partial charge in [-0.25, -0.2) is 4.98 Å². The van der Waals surface area contributed by atoms with E-state index in [1.807, 2.05) is 29.8 Å². The van der Waals surface area contributed by atoms with Crippen LogP contribution < -0.4 is 5.32 Å². The summed E-state index contributed by atoms with van der Waals surface area (Å²) < 4.78 is 2.03. The van der Waals surface area contributed by atoms with E-state index in [1.54, 1.807) is 0 Å². The molecule has 1 amide bonds. The smallest absolute Gasteiger partial charge is 0.224 e. The molecule has 2 heterocycles. The Kier molecular flexibility index (Phi) is 4.97. The first kappa shape index (κ1) is 17.8. The van der Waals surface area contributed by atoms with Crippen molar-refractivity contribution in [1.29, 1.82) is 0 Å². The van der Waals surface area contributed by atoms with Crippen molar-refractivity contribution in [2.75, 3.05) is 5.32 Å². The number of hydrogen-bond acceptors (Lipinski definition) is 2. The predicted octanol–water partition coefficient (Wildman–Crippen LogP) is 5.53. The molecular weight excluding hydrogens is 334 g/mol. The minimum Gasteiger partial charge on any atom is -0.326 e. The van der Waals surface area contributed by atoms with Crippen molar-refractivity contribution in [3.63, 3.8) is 0 Å². The Morgan fingerprint density at radius 2 is 1.96 bits per heavy atom. The van der Waals surface area contributed by atoms with E-state index in [0.717, 1.165) is 28.2 Å². The maximum absolute atomic E-state index is 12.5. The molecular formula is C23H27N3O. The molecule has 0 spiro atoms. The van der Waals surface area contributed by atoms with Crippen LogP contribution in [0.2, 0.25) is 0 Å². The van der Waals surface area contributed by atoms with Gasteiger partial charge in [-0.3, -0.25) is 4.79 Å². The summed E-state index contributed by atoms with van der Waals surface area (Å²) in [5.41, 5.74) is 6.04. The number of carbonyl (C=O) groups is 1. The second-order valence-corrected chi connectivity index (χ2v) is 7.88. The molecule has 0 radical (unpaired) electrons. The largest absolute Gasteiger partial charge is 0.326 e. The molecule has 0 saturated heterocycles. The molecule has 1 aliphatic rings. The fourth-order valence-electron chi connectivity index (χ4n) is 3.99. The summed E-state index contributed by atoms with van der Waals surface area (Å²) in [6, 6.07) is 10.3. The molecule has 4 heteroatoms. The fourth-order valence-corrected chi connectivity index (χ4v) is 3.99. The number of anilines is 1. The van der Waals surface area contributed by atoms with Gasteiger partial charge in [-0.2, -0.15) is 0 Å². The number of aromatic nitrogens is 2. The van der Waals surface area contributed by atoms with E-state index in [-0.39, 0.29) is 5.91 Å². The number of amides is 1. The van der Waals surface area contributed by atoms with Crippen molar-refractivity contribution in [2.45, 2.75) is 52.4 Å². The average molecular weight is 361 g/mol. The molecule has 2 aromatic heterocycles. The van der Waals surface area contributed by atoms with Crippen LogP contribution in [0.5, 0.6) is 0 Å². The van der Waals surface area contributed by atoms with Crippen molar-refractivity contribution in [3.8, 4) is 11.3 Å². The molecule has 1 aliphatic carbocycles. The van der Waals surface area contributed by atoms with Crippen LogP contribution in [0.1, 0.15) is 49.7 Å². The van der Waals surface area contributed by atoms with E-state index in [1.165, 1.54) is 37.7 Å². The molecule has 3 aromatic rings. The number of nitrogens with zero attached hydrogens (tertiary/aromatic N) is 2. The summed E-state index contributed by atoms with van der Waals surface area (Å²) in [6.07, 6.45) is 10.9. The van der Waals surface area contributed by atoms with Crippen molar-refractivity contribution in [2.24, 2.45) is 5.92 Å². The lowest BCUT2D eigenvalue weighted by atomic mass is 9.87. The Bertz CT molecular complexity index is 967. The standard InChI is InChI=1S/C23H27N3O/c1-16-10-11-26-15-21(24-22(26)12-16)19-9-8-17(2)20(14-19)25-23(27)13-18-6-4-3-5-7-18/h8-12,14-15,18H,3-7,13H2,1-2H3,(H,25,27). The summed E-state index contributed by atoms with van der Waals surface area (Å²) in [7, 11) is 0. The molecule has 0 bridgehead atoms. The van der Waals surface area contributed by atoms with E-state index >= 15 is 0 Å². The lowest BCUT2D eigenvalue weighted by molar-refractivity contribution is -0.117. The Morgan fingerprint density at radius 3 is 2.78 bits per heavy atom. The van der Waals surface area contributed by atoms with Gasteiger partial charge in [-0.15, -0.1) is 0 Å². The second kappa shape index (κ2) is 7.55. The molecule has 0 aliphatic heterocycles. The zero-order chi connectivity index (χ0) is 18.8. The number of benzene rings is 1. The first-order valence-corrected chi connectivity index (χ1v) is 9.95. The van der Waals surface area contributed by atoms with Gasteiger partial charge < -0.3 is 9.72 Å². The van der Waals surface area contributed by atoms with Gasteiger partial charge in [0.2, 0.25) is 5.91 Å². The molecule has 4 rings (SSSR count). The molecule has 1 saturated carbocycles. The second-order valence-electron chi connectivity index (χ2n) is 7.88. The number of imidazole rings is 1. The molecule has 1 fully saturated rings. The highest BCUT2D eigenvalue weighted by atomic mass is 16.1. The van der Waals surface area contributed by atoms with Crippen LogP contribution in [0.3, 0.4) is 0 Å². The van der Waals surface area contributed by atoms with E-state index in [2.05, 4.69) is 36.5 Å². The van der Waals surface area contributed by atoms with E-state index in [0.29, 0.717) is 12.3 Å². The number of nitrogens with one attached hydrogen (secondary N) is 1. The molecule has 0 atom stereocenters. The van der Waals surface area contributed by atoms with Gasteiger partial charge in [-0.05, 0) is 61.9 Å². The van der Waals surface area contributed by atoms with E-state index < -0.39 is 0 Å². The lowest BCUT2D eigenvalue weighted by Crippen LogP contribution is -2.18. The van der Waals surface area contributed by atoms with Gasteiger partial charge in [0.25, 0.3) is 0 Å². The summed E-state index contributed by atoms with van der Waals surface area (Å²) in [6.45, 7) is 4.10. The van der Waals surface area contributed by atoms with Crippen LogP contribution in [-0.4, -0.2) is 15.3 Å². The third-order valence-electron chi connectivity index (χ3n) is 5.62. The monoisotopic (exact) mass is 361 g/mol. The zero-order valence-electron chi connectivity index (χ0n) is 16.2. The van der Waals surface area contributed by atoms with Crippen molar-refractivity contribution in [3.05, 3.63) is 53.9 Å². The predicted molar refractivity (Wildman–Crippen MR) is 110 cm³/mol. The van der Waals surface area contributed by atoms with Crippen molar-refractivity contribution < 1.29 is 4.79 Å². The minimum absolute atomic E-state index is 0.132. The number of hydrogen-bond donors (Lipinski definition) is 1. The van der Waals surface area contributed by atoms with Gasteiger partial charge in [0.1, 0.15) is 5.65 Å². The molecule has 1 aromatic carbocycles. The topological polar surface area (TPSA) is 46.4 Å². The van der Waals surface area contributed by atoms with Crippen molar-refractivity contribution in [1.82, 2.24) is 9.38 Å². The summed E-state index contributed by atoms with van der Waals surface area (Å²) in [5.74, 6) is 0.677. The number of aryl methyl sites for hydroxylation is 2. The number of pyridine rings is 1. The highest BCUT2D eigenvalue weighted by Crippen LogP contribution is 2.28. The molecule has 1 N–H and O–H groups in total. The number of fused-ring (bicyclic) bond motifs is 1. The summed E-state index contributed by atoms with van der Waals surface area (Å²) in [4.78, 5) is 17.3. The Hall–Kier alpha value is -2.62. The van der Waals surface area contributed by atoms with Crippen LogP contribution in [0, 0.1) is 19.8 Å². The summed E-state index contributed by atoms with van der Waals surface area (Å²) in [5, 5.41) is 3.14. The van der Waals surface area contributed by atoms with Crippen LogP contribution in [0.25, 0.3) is 16.9 Å². The molecule has 140 valence electrons. The third-order valence-corrected chi connectivity index (χ3v) is 5.62. The Balaban J connectivity index is 1.54. The average Bonchev–Trinajstić information content (AvgIpc) is 3.07. The SMILES string of the molecule is Cc1ccn2cc(-c3ccc(C)c(NC(=O)CC4CCCCC4)c3)nc2c1. The maximum atomic E-state index is 12.5. The van der Waals surface area contributed by atoms with E-state index in [9.17, 15) is 4.79 Å². The highest BCUT2D eigenvalue weighted by molar-refractivity contribution is 5.92. The quantitative estimate of drug-likeness (QED) is 0.664. The number of carbonyl (C=O) groups excluding carboxylic acids is 1. The van der Waals surface area contributed by atoms with Gasteiger partial charge in [0.15, 0.2) is 0 Å². The highest BCUT2D eigenvalue weighted by Gasteiger charge is 2.17. The maximum Gasteiger partial charge on any atom is 0.224 e. The van der Waals surface area contributed by atoms with Gasteiger partial charge in [0.05, 0.1) is 5.69 Å². The zero-order valence-corrected chi connectivity index (χ0v) is 16.2. The van der Waals surface area contributed by atoms with Crippen LogP contribution in [0.15, 0.2) is 42.7 Å². The minimum atomic E-state index is 0.132. The van der Waals surface area contributed by atoms with Gasteiger partial charge in [0, 0.05) is 30.1 Å². The van der Waals surface area contributed by atoms with Crippen LogP contribution in [0.4, 0.5) is 5.69 Å². The van der Waals surface area contributed by atoms with E-state index in [4.69, 9.17) is 4.98 Å². The Labute approximate surface area is 160 Å². The van der Waals surface area contributed by atoms with Crippen molar-refractivity contribution >= 4 is 17.2 Å². The number of rotatable bonds is 4. The first-order chi connectivity index (χ1) is 13.1. The first-order valence-electron chi connectivity index (χ1n) is 9.95. The fraction of sp³-hybridized carbons (Fsp3) is 0.391. The normalized spacial score (nSPS) is 15.2. The molecule has 27 heavy (non-hydrogen) atoms. The van der Waals surface area contributed by atoms with Gasteiger partial charge in [-0.1, -0.05) is 31.4 Å².